The van der Waals surface area contributed by atoms with E-state index >= 15 is 0 Å². The van der Waals surface area contributed by atoms with Crippen LogP contribution >= 0.6 is 10.2 Å². The highest BCUT2D eigenvalue weighted by molar-refractivity contribution is 8.48. The second-order valence-electron chi connectivity index (χ2n) is 2.53. The lowest BCUT2D eigenvalue weighted by Gasteiger charge is -2.41. The average molecular weight is 268 g/mol. The van der Waals surface area contributed by atoms with E-state index in [1.165, 1.54) is 0 Å². The van der Waals surface area contributed by atoms with Gasteiger partial charge in [0.2, 0.25) is 0 Å². The number of rotatable bonds is 4. The van der Waals surface area contributed by atoms with E-state index in [1.807, 2.05) is 0 Å². The molecule has 0 amide bonds. The van der Waals surface area contributed by atoms with Gasteiger partial charge in [-0.2, -0.15) is 0 Å². The van der Waals surface area contributed by atoms with E-state index in [9.17, 15) is 29.0 Å². The Morgan fingerprint density at radius 1 is 0.875 bits per heavy atom. The Balaban J connectivity index is 5.68. The predicted octanol–water partition coefficient (Wildman–Crippen LogP) is 2.89. The van der Waals surface area contributed by atoms with E-state index in [0.717, 1.165) is 0 Å². The average Bonchev–Trinajstić information content (AvgIpc) is 1.91. The second kappa shape index (κ2) is 3.20. The lowest BCUT2D eigenvalue weighted by Crippen LogP contribution is -2.10. The van der Waals surface area contributed by atoms with Crippen LogP contribution < -0.4 is 0 Å². The van der Waals surface area contributed by atoms with Crippen LogP contribution in [-0.2, 0) is 9.59 Å². The van der Waals surface area contributed by atoms with Gasteiger partial charge in [-0.15, -0.1) is 0 Å². The first-order valence-corrected chi connectivity index (χ1v) is 5.27. The molecule has 94 valence electrons. The molecule has 0 aliphatic heterocycles. The fourth-order valence-electron chi connectivity index (χ4n) is 0.563. The van der Waals surface area contributed by atoms with Crippen LogP contribution in [0.15, 0.2) is 23.1 Å². The van der Waals surface area contributed by atoms with Gasteiger partial charge >= 0.3 is 22.2 Å². The van der Waals surface area contributed by atoms with Gasteiger partial charge in [0, 0.05) is 12.2 Å². The van der Waals surface area contributed by atoms with Crippen molar-refractivity contribution in [2.75, 3.05) is 0 Å². The van der Waals surface area contributed by atoms with Gasteiger partial charge in [0.05, 0.1) is 0 Å². The van der Waals surface area contributed by atoms with Crippen molar-refractivity contribution in [2.24, 2.45) is 0 Å². The number of hydrogen-bond donors (Lipinski definition) is 2. The maximum absolute atomic E-state index is 12.1. The number of hydrogen-bond acceptors (Lipinski definition) is 2. The third-order valence-corrected chi connectivity index (χ3v) is 2.25. The summed E-state index contributed by atoms with van der Waals surface area (Å²) in [6.07, 6.45) is -1.52. The molecule has 0 unspecified atom stereocenters. The standard InChI is InChI=1S/C6H5F5O4S/c7-16(8,9,10,11)4(3-6(14)15)1-2-5(12)13/h1-3H,(H,12,13)(H,14,15)/b2-1-,4-3+. The minimum absolute atomic E-state index is 0.229. The van der Waals surface area contributed by atoms with Crippen LogP contribution in [-0.4, -0.2) is 22.2 Å². The molecular weight excluding hydrogens is 263 g/mol. The fourth-order valence-corrected chi connectivity index (χ4v) is 1.21. The highest BCUT2D eigenvalue weighted by Gasteiger charge is 2.66. The molecule has 0 bridgehead atoms. The third kappa shape index (κ3) is 5.34. The SMILES string of the molecule is O=C(O)/C=C\C(=C/C(=O)O)S(F)(F)(F)(F)F. The van der Waals surface area contributed by atoms with Crippen LogP contribution in [0.5, 0.6) is 0 Å². The molecule has 0 radical (unpaired) electrons. The summed E-state index contributed by atoms with van der Waals surface area (Å²) in [5.41, 5.74) is 0. The summed E-state index contributed by atoms with van der Waals surface area (Å²) in [5.74, 6) is -4.18. The van der Waals surface area contributed by atoms with Gasteiger partial charge in [-0.3, -0.25) is 0 Å². The lowest BCUT2D eigenvalue weighted by atomic mass is 10.4. The summed E-state index contributed by atoms with van der Waals surface area (Å²) >= 11 is 0. The van der Waals surface area contributed by atoms with Gasteiger partial charge in [0.25, 0.3) is 0 Å². The van der Waals surface area contributed by atoms with E-state index < -0.39 is 39.2 Å². The molecule has 0 saturated carbocycles. The van der Waals surface area contributed by atoms with Crippen molar-refractivity contribution < 1.29 is 39.2 Å². The Hall–Kier alpha value is -1.58. The number of halogens is 5. The quantitative estimate of drug-likeness (QED) is 0.467. The molecule has 10 heteroatoms. The number of aliphatic carboxylic acids is 2. The zero-order valence-electron chi connectivity index (χ0n) is 7.24. The zero-order valence-corrected chi connectivity index (χ0v) is 8.06. The van der Waals surface area contributed by atoms with E-state index in [1.54, 1.807) is 0 Å². The first-order chi connectivity index (χ1) is 6.72. The summed E-state index contributed by atoms with van der Waals surface area (Å²) in [7, 11) is -10.2. The summed E-state index contributed by atoms with van der Waals surface area (Å²) in [6, 6.07) is 0. The Kier molecular flexibility index (Phi) is 2.89. The zero-order chi connectivity index (χ0) is 13.3. The Morgan fingerprint density at radius 2 is 1.31 bits per heavy atom. The maximum atomic E-state index is 12.1. The molecule has 0 rings (SSSR count). The van der Waals surface area contributed by atoms with Gasteiger partial charge in [-0.05, 0) is 6.08 Å². The van der Waals surface area contributed by atoms with E-state index in [-0.39, 0.29) is 6.08 Å². The second-order valence-corrected chi connectivity index (χ2v) is 4.93. The van der Waals surface area contributed by atoms with Crippen molar-refractivity contribution in [3.63, 3.8) is 0 Å². The smallest absolute Gasteiger partial charge is 0.329 e. The minimum atomic E-state index is -10.2. The topological polar surface area (TPSA) is 74.6 Å². The molecule has 16 heavy (non-hydrogen) atoms. The largest absolute Gasteiger partial charge is 0.478 e. The monoisotopic (exact) mass is 268 g/mol. The number of carbonyl (C=O) groups is 2. The van der Waals surface area contributed by atoms with Crippen molar-refractivity contribution in [2.45, 2.75) is 0 Å². The van der Waals surface area contributed by atoms with Crippen LogP contribution in [0.25, 0.3) is 0 Å². The van der Waals surface area contributed by atoms with Gasteiger partial charge in [-0.25, -0.2) is 9.59 Å². The van der Waals surface area contributed by atoms with Crippen LogP contribution in [0.2, 0.25) is 0 Å². The third-order valence-electron chi connectivity index (χ3n) is 1.10. The predicted molar refractivity (Wildman–Crippen MR) is 45.6 cm³/mol. The molecule has 0 aliphatic carbocycles. The normalized spacial score (nSPS) is 17.9. The van der Waals surface area contributed by atoms with E-state index in [4.69, 9.17) is 10.2 Å². The Bertz CT molecular complexity index is 392. The molecule has 0 saturated heterocycles. The summed E-state index contributed by atoms with van der Waals surface area (Å²) < 4.78 is 60.6. The Morgan fingerprint density at radius 3 is 1.56 bits per heavy atom. The van der Waals surface area contributed by atoms with Gasteiger partial charge in [0.15, 0.2) is 0 Å². The van der Waals surface area contributed by atoms with Gasteiger partial charge in [0.1, 0.15) is 4.91 Å². The van der Waals surface area contributed by atoms with Crippen LogP contribution in [0.3, 0.4) is 0 Å². The van der Waals surface area contributed by atoms with Crippen molar-refractivity contribution in [3.8, 4) is 0 Å². The lowest BCUT2D eigenvalue weighted by molar-refractivity contribution is -0.132. The summed E-state index contributed by atoms with van der Waals surface area (Å²) in [6.45, 7) is 0. The van der Waals surface area contributed by atoms with Gasteiger partial charge < -0.3 is 10.2 Å². The summed E-state index contributed by atoms with van der Waals surface area (Å²) in [5, 5.41) is 15.9. The molecule has 0 aromatic rings. The van der Waals surface area contributed by atoms with Crippen molar-refractivity contribution in [1.82, 2.24) is 0 Å². The molecule has 0 aromatic carbocycles. The van der Waals surface area contributed by atoms with Crippen molar-refractivity contribution in [3.05, 3.63) is 23.1 Å². The first-order valence-electron chi connectivity index (χ1n) is 3.32. The number of allylic oxidation sites excluding steroid dienone is 1. The minimum Gasteiger partial charge on any atom is -0.478 e. The Labute approximate surface area is 85.4 Å². The molecule has 0 aliphatic rings. The molecule has 0 fully saturated rings. The van der Waals surface area contributed by atoms with Crippen LogP contribution in [0, 0.1) is 0 Å². The highest BCUT2D eigenvalue weighted by atomic mass is 32.5. The molecule has 0 spiro atoms. The number of carboxylic acid groups (broad SMARTS) is 2. The van der Waals surface area contributed by atoms with Crippen molar-refractivity contribution in [1.29, 1.82) is 0 Å². The van der Waals surface area contributed by atoms with Crippen LogP contribution in [0.4, 0.5) is 19.4 Å². The van der Waals surface area contributed by atoms with Crippen LogP contribution in [0.1, 0.15) is 0 Å². The molecule has 0 atom stereocenters. The molecule has 2 N–H and O–H groups in total. The van der Waals surface area contributed by atoms with Crippen molar-refractivity contribution >= 4 is 22.2 Å². The molecule has 0 aromatic heterocycles. The molecular formula is C6H5F5O4S. The maximum Gasteiger partial charge on any atom is 0.329 e. The van der Waals surface area contributed by atoms with E-state index in [2.05, 4.69) is 0 Å². The first kappa shape index (κ1) is 14.4. The van der Waals surface area contributed by atoms with Gasteiger partial charge in [-0.1, -0.05) is 19.4 Å². The summed E-state index contributed by atoms with van der Waals surface area (Å²) in [4.78, 5) is 17.0. The fraction of sp³-hybridized carbons (Fsp3) is 0. The number of carboxylic acids is 2. The van der Waals surface area contributed by atoms with E-state index in [0.29, 0.717) is 0 Å². The molecule has 4 nitrogen and oxygen atoms in total. The molecule has 0 heterocycles. The highest BCUT2D eigenvalue weighted by Crippen LogP contribution is 3.02.